The molecular weight excluding hydrogens is 402 g/mol. The Labute approximate surface area is 181 Å². The van der Waals surface area contributed by atoms with Crippen molar-refractivity contribution in [1.29, 1.82) is 0 Å². The van der Waals surface area contributed by atoms with Crippen LogP contribution in [0, 0.1) is 23.7 Å². The molecule has 1 aromatic rings. The van der Waals surface area contributed by atoms with Crippen molar-refractivity contribution in [2.24, 2.45) is 23.7 Å². The van der Waals surface area contributed by atoms with E-state index in [-0.39, 0.29) is 30.3 Å². The van der Waals surface area contributed by atoms with Crippen molar-refractivity contribution in [3.05, 3.63) is 16.0 Å². The number of fused-ring (bicyclic) bond motifs is 3. The van der Waals surface area contributed by atoms with Crippen LogP contribution < -0.4 is 5.32 Å². The van der Waals surface area contributed by atoms with E-state index in [1.807, 2.05) is 0 Å². The molecule has 0 spiro atoms. The first kappa shape index (κ1) is 21.3. The number of hydrogen-bond acceptors (Lipinski definition) is 5. The zero-order valence-electron chi connectivity index (χ0n) is 17.6. The van der Waals surface area contributed by atoms with Gasteiger partial charge in [0.15, 0.2) is 0 Å². The quantitative estimate of drug-likeness (QED) is 0.659. The van der Waals surface area contributed by atoms with E-state index in [1.165, 1.54) is 24.2 Å². The summed E-state index contributed by atoms with van der Waals surface area (Å²) in [6.07, 6.45) is 10.0. The van der Waals surface area contributed by atoms with Crippen LogP contribution in [0.3, 0.4) is 0 Å². The molecule has 7 heteroatoms. The Morgan fingerprint density at radius 3 is 2.40 bits per heavy atom. The molecule has 3 aliphatic carbocycles. The zero-order chi connectivity index (χ0) is 21.3. The van der Waals surface area contributed by atoms with Gasteiger partial charge in [-0.2, -0.15) is 0 Å². The number of esters is 1. The van der Waals surface area contributed by atoms with Crippen molar-refractivity contribution in [2.75, 3.05) is 11.9 Å². The van der Waals surface area contributed by atoms with Crippen LogP contribution >= 0.6 is 11.3 Å². The van der Waals surface area contributed by atoms with Crippen LogP contribution in [0.15, 0.2) is 0 Å². The number of hydrogen-bond donors (Lipinski definition) is 2. The van der Waals surface area contributed by atoms with E-state index < -0.39 is 17.8 Å². The second-order valence-electron chi connectivity index (χ2n) is 8.91. The third-order valence-corrected chi connectivity index (χ3v) is 8.35. The summed E-state index contributed by atoms with van der Waals surface area (Å²) in [5.41, 5.74) is 1.53. The van der Waals surface area contributed by atoms with Gasteiger partial charge in [-0.3, -0.25) is 9.59 Å². The first-order valence-corrected chi connectivity index (χ1v) is 12.2. The standard InChI is InChI=1S/C23H31NO5S/c1-2-29-23(28)19-15-8-6-4-3-5-7-9-16(15)30-21(19)24-20(25)17-13-10-11-14(12-13)18(17)22(26)27/h13-14,17-18H,2-12H2,1H3,(H,24,25)(H,26,27)/t13-,14-,17-,18+/m0/s1. The first-order valence-electron chi connectivity index (χ1n) is 11.4. The summed E-state index contributed by atoms with van der Waals surface area (Å²) in [6, 6.07) is 0. The zero-order valence-corrected chi connectivity index (χ0v) is 18.4. The fourth-order valence-electron chi connectivity index (χ4n) is 5.82. The summed E-state index contributed by atoms with van der Waals surface area (Å²) in [5.74, 6) is -2.39. The molecule has 2 bridgehead atoms. The van der Waals surface area contributed by atoms with Crippen molar-refractivity contribution in [3.8, 4) is 0 Å². The molecule has 4 atom stereocenters. The maximum atomic E-state index is 13.2. The fraction of sp³-hybridized carbons (Fsp3) is 0.696. The number of aliphatic carboxylic acids is 1. The van der Waals surface area contributed by atoms with Crippen molar-refractivity contribution < 1.29 is 24.2 Å². The van der Waals surface area contributed by atoms with Crippen LogP contribution in [-0.4, -0.2) is 29.6 Å². The van der Waals surface area contributed by atoms with Crippen molar-refractivity contribution in [1.82, 2.24) is 0 Å². The number of carboxylic acids is 1. The average Bonchev–Trinajstić information content (AvgIpc) is 3.40. The number of anilines is 1. The van der Waals surface area contributed by atoms with Gasteiger partial charge in [0.05, 0.1) is 24.0 Å². The van der Waals surface area contributed by atoms with Crippen LogP contribution in [0.2, 0.25) is 0 Å². The van der Waals surface area contributed by atoms with E-state index in [4.69, 9.17) is 4.74 Å². The molecule has 1 amide bonds. The van der Waals surface area contributed by atoms with E-state index in [0.29, 0.717) is 10.6 Å². The molecule has 164 valence electrons. The molecule has 0 radical (unpaired) electrons. The molecule has 2 N–H and O–H groups in total. The summed E-state index contributed by atoms with van der Waals surface area (Å²) in [7, 11) is 0. The Bertz CT molecular complexity index is 832. The summed E-state index contributed by atoms with van der Waals surface area (Å²) < 4.78 is 5.33. The van der Waals surface area contributed by atoms with Gasteiger partial charge in [-0.15, -0.1) is 11.3 Å². The molecule has 6 nitrogen and oxygen atoms in total. The number of thiophene rings is 1. The van der Waals surface area contributed by atoms with E-state index in [1.54, 1.807) is 6.92 Å². The molecular formula is C23H31NO5S. The molecule has 30 heavy (non-hydrogen) atoms. The van der Waals surface area contributed by atoms with Crippen LogP contribution in [0.5, 0.6) is 0 Å². The van der Waals surface area contributed by atoms with Gasteiger partial charge in [0.2, 0.25) is 5.91 Å². The van der Waals surface area contributed by atoms with Gasteiger partial charge >= 0.3 is 11.9 Å². The van der Waals surface area contributed by atoms with Crippen molar-refractivity contribution in [2.45, 2.75) is 71.1 Å². The van der Waals surface area contributed by atoms with Gasteiger partial charge in [0.25, 0.3) is 0 Å². The number of ether oxygens (including phenoxy) is 1. The third-order valence-electron chi connectivity index (χ3n) is 7.14. The highest BCUT2D eigenvalue weighted by Crippen LogP contribution is 2.53. The lowest BCUT2D eigenvalue weighted by Crippen LogP contribution is -2.38. The Kier molecular flexibility index (Phi) is 6.46. The number of amides is 1. The highest BCUT2D eigenvalue weighted by atomic mass is 32.1. The predicted octanol–water partition coefficient (Wildman–Crippen LogP) is 4.66. The first-order chi connectivity index (χ1) is 14.5. The Morgan fingerprint density at radius 2 is 1.70 bits per heavy atom. The minimum absolute atomic E-state index is 0.0973. The summed E-state index contributed by atoms with van der Waals surface area (Å²) >= 11 is 1.48. The highest BCUT2D eigenvalue weighted by molar-refractivity contribution is 7.17. The lowest BCUT2D eigenvalue weighted by molar-refractivity contribution is -0.148. The number of carbonyl (C=O) groups is 3. The average molecular weight is 434 g/mol. The topological polar surface area (TPSA) is 92.7 Å². The normalized spacial score (nSPS) is 28.2. The molecule has 1 aromatic heterocycles. The van der Waals surface area contributed by atoms with E-state index in [9.17, 15) is 19.5 Å². The lowest BCUT2D eigenvalue weighted by atomic mass is 9.78. The molecule has 0 aromatic carbocycles. The van der Waals surface area contributed by atoms with Gasteiger partial charge in [0.1, 0.15) is 5.00 Å². The van der Waals surface area contributed by atoms with Crippen LogP contribution in [-0.2, 0) is 27.2 Å². The van der Waals surface area contributed by atoms with E-state index in [0.717, 1.165) is 61.8 Å². The second-order valence-corrected chi connectivity index (χ2v) is 10.0. The monoisotopic (exact) mass is 433 g/mol. The fourth-order valence-corrected chi connectivity index (χ4v) is 7.10. The van der Waals surface area contributed by atoms with Crippen LogP contribution in [0.4, 0.5) is 5.00 Å². The minimum atomic E-state index is -0.873. The summed E-state index contributed by atoms with van der Waals surface area (Å²) in [4.78, 5) is 39.1. The van der Waals surface area contributed by atoms with Gasteiger partial charge in [-0.25, -0.2) is 4.79 Å². The number of nitrogens with one attached hydrogen (secondary N) is 1. The van der Waals surface area contributed by atoms with Crippen LogP contribution in [0.25, 0.3) is 0 Å². The molecule has 1 heterocycles. The lowest BCUT2D eigenvalue weighted by Gasteiger charge is -2.27. The molecule has 3 aliphatic rings. The largest absolute Gasteiger partial charge is 0.481 e. The third kappa shape index (κ3) is 4.01. The number of carboxylic acid groups (broad SMARTS) is 1. The Hall–Kier alpha value is -1.89. The molecule has 4 rings (SSSR count). The van der Waals surface area contributed by atoms with Crippen molar-refractivity contribution >= 4 is 34.2 Å². The SMILES string of the molecule is CCOC(=O)c1c(NC(=O)[C@H]2[C@H]3CC[C@@H](C3)[C@H]2C(=O)O)sc2c1CCCCCCC2. The van der Waals surface area contributed by atoms with Gasteiger partial charge in [0, 0.05) is 4.88 Å². The second kappa shape index (κ2) is 9.08. The molecule has 2 fully saturated rings. The minimum Gasteiger partial charge on any atom is -0.481 e. The number of aryl methyl sites for hydroxylation is 1. The molecule has 2 saturated carbocycles. The van der Waals surface area contributed by atoms with E-state index in [2.05, 4.69) is 5.32 Å². The maximum Gasteiger partial charge on any atom is 0.341 e. The van der Waals surface area contributed by atoms with Crippen LogP contribution in [0.1, 0.15) is 79.1 Å². The smallest absolute Gasteiger partial charge is 0.341 e. The Morgan fingerprint density at radius 1 is 1.03 bits per heavy atom. The summed E-state index contributed by atoms with van der Waals surface area (Å²) in [5, 5.41) is 13.2. The maximum absolute atomic E-state index is 13.2. The predicted molar refractivity (Wildman–Crippen MR) is 115 cm³/mol. The molecule has 0 saturated heterocycles. The van der Waals surface area contributed by atoms with Gasteiger partial charge in [-0.1, -0.05) is 19.3 Å². The van der Waals surface area contributed by atoms with Gasteiger partial charge < -0.3 is 15.2 Å². The highest BCUT2D eigenvalue weighted by Gasteiger charge is 2.54. The van der Waals surface area contributed by atoms with E-state index >= 15 is 0 Å². The van der Waals surface area contributed by atoms with Crippen molar-refractivity contribution in [3.63, 3.8) is 0 Å². The number of rotatable bonds is 5. The Balaban J connectivity index is 1.63. The van der Waals surface area contributed by atoms with Gasteiger partial charge in [-0.05, 0) is 69.3 Å². The summed E-state index contributed by atoms with van der Waals surface area (Å²) in [6.45, 7) is 2.06. The molecule has 0 aliphatic heterocycles. The number of carbonyl (C=O) groups excluding carboxylic acids is 2. The molecule has 0 unspecified atom stereocenters.